The number of aromatic nitrogens is 1. The number of urea groups is 1. The second kappa shape index (κ2) is 8.31. The van der Waals surface area contributed by atoms with Crippen LogP contribution in [0.25, 0.3) is 0 Å². The Balaban J connectivity index is 1.95. The molecule has 1 unspecified atom stereocenters. The van der Waals surface area contributed by atoms with Crippen LogP contribution >= 0.6 is 0 Å². The molecule has 0 aromatic carbocycles. The van der Waals surface area contributed by atoms with Crippen LogP contribution in [0.1, 0.15) is 26.3 Å². The zero-order chi connectivity index (χ0) is 21.1. The van der Waals surface area contributed by atoms with Gasteiger partial charge in [0.1, 0.15) is 17.9 Å². The average Bonchev–Trinajstić information content (AvgIpc) is 2.93. The summed E-state index contributed by atoms with van der Waals surface area (Å²) in [6.45, 7) is 4.98. The number of carbonyl (C=O) groups is 2. The van der Waals surface area contributed by atoms with Crippen LogP contribution in [-0.4, -0.2) is 58.8 Å². The highest BCUT2D eigenvalue weighted by molar-refractivity contribution is 5.94. The predicted octanol–water partition coefficient (Wildman–Crippen LogP) is 1.62. The molecule has 1 saturated heterocycles. The van der Waals surface area contributed by atoms with E-state index in [1.807, 2.05) is 26.1 Å². The third kappa shape index (κ3) is 6.34. The van der Waals surface area contributed by atoms with Gasteiger partial charge in [-0.2, -0.15) is 13.2 Å². The van der Waals surface area contributed by atoms with Crippen molar-refractivity contribution in [2.45, 2.75) is 51.2 Å². The highest BCUT2D eigenvalue weighted by Gasteiger charge is 2.46. The minimum Gasteiger partial charge on any atom is -0.374 e. The van der Waals surface area contributed by atoms with Gasteiger partial charge in [-0.15, -0.1) is 0 Å². The molecule has 28 heavy (non-hydrogen) atoms. The van der Waals surface area contributed by atoms with Crippen LogP contribution in [0.15, 0.2) is 18.3 Å². The highest BCUT2D eigenvalue weighted by atomic mass is 19.4. The molecule has 4 N–H and O–H groups in total. The quantitative estimate of drug-likeness (QED) is 0.669. The number of rotatable bonds is 6. The summed E-state index contributed by atoms with van der Waals surface area (Å²) in [5, 5.41) is 4.43. The largest absolute Gasteiger partial charge is 0.410 e. The van der Waals surface area contributed by atoms with Crippen LogP contribution in [0, 0.1) is 0 Å². The van der Waals surface area contributed by atoms with Crippen LogP contribution in [0.2, 0.25) is 0 Å². The lowest BCUT2D eigenvalue weighted by molar-refractivity contribution is -0.149. The molecule has 1 fully saturated rings. The van der Waals surface area contributed by atoms with E-state index in [-0.39, 0.29) is 19.0 Å². The average molecular weight is 403 g/mol. The van der Waals surface area contributed by atoms with Crippen LogP contribution < -0.4 is 16.4 Å². The number of ether oxygens (including phenoxy) is 1. The normalized spacial score (nSPS) is 18.8. The van der Waals surface area contributed by atoms with Crippen molar-refractivity contribution in [1.29, 1.82) is 0 Å². The van der Waals surface area contributed by atoms with Crippen molar-refractivity contribution in [2.24, 2.45) is 5.73 Å². The Hall–Kier alpha value is -2.40. The first kappa shape index (κ1) is 21.9. The highest BCUT2D eigenvalue weighted by Crippen LogP contribution is 2.25. The summed E-state index contributed by atoms with van der Waals surface area (Å²) in [5.74, 6) is -0.328. The Morgan fingerprint density at radius 1 is 1.46 bits per heavy atom. The van der Waals surface area contributed by atoms with Crippen molar-refractivity contribution in [3.8, 4) is 0 Å². The van der Waals surface area contributed by atoms with Gasteiger partial charge in [0, 0.05) is 12.7 Å². The molecule has 2 atom stereocenters. The smallest absolute Gasteiger partial charge is 0.374 e. The van der Waals surface area contributed by atoms with E-state index in [9.17, 15) is 22.8 Å². The molecule has 2 heterocycles. The molecule has 156 valence electrons. The van der Waals surface area contributed by atoms with E-state index in [0.29, 0.717) is 5.56 Å². The van der Waals surface area contributed by atoms with Crippen LogP contribution in [0.4, 0.5) is 23.8 Å². The number of alkyl halides is 3. The number of nitrogens with zero attached hydrogens (tertiary/aromatic N) is 2. The summed E-state index contributed by atoms with van der Waals surface area (Å²) in [6.07, 6.45) is -3.12. The molecule has 2 rings (SSSR count). The summed E-state index contributed by atoms with van der Waals surface area (Å²) in [6, 6.07) is -0.592. The second-order valence-electron chi connectivity index (χ2n) is 7.49. The van der Waals surface area contributed by atoms with Gasteiger partial charge in [-0.05, 0) is 38.5 Å². The molecule has 11 heteroatoms. The molecule has 1 aromatic rings. The molecule has 0 saturated carbocycles. The van der Waals surface area contributed by atoms with E-state index < -0.39 is 42.3 Å². The standard InChI is InChI=1S/C17H24F3N5O3/c1-16(2,3)28-9-11(21)14(26)24-13-6-10(4-5-22-13)7-25-8-12(17(18,19)20)23-15(25)27/h4-6,11-12H,7-9,21H2,1-3H3,(H,23,27)(H,22,24,26)/t11?,12-/m0/s1. The predicted molar refractivity (Wildman–Crippen MR) is 95.3 cm³/mol. The van der Waals surface area contributed by atoms with E-state index in [0.717, 1.165) is 4.90 Å². The van der Waals surface area contributed by atoms with Crippen LogP contribution in [0.5, 0.6) is 0 Å². The first-order valence-electron chi connectivity index (χ1n) is 8.62. The molecule has 1 aliphatic rings. The van der Waals surface area contributed by atoms with Gasteiger partial charge in [-0.25, -0.2) is 9.78 Å². The van der Waals surface area contributed by atoms with Gasteiger partial charge in [-0.1, -0.05) is 0 Å². The lowest BCUT2D eigenvalue weighted by atomic mass is 10.2. The number of carbonyl (C=O) groups excluding carboxylic acids is 2. The van der Waals surface area contributed by atoms with E-state index in [1.54, 1.807) is 6.07 Å². The first-order valence-corrected chi connectivity index (χ1v) is 8.62. The fourth-order valence-corrected chi connectivity index (χ4v) is 2.41. The van der Waals surface area contributed by atoms with Gasteiger partial charge in [0.2, 0.25) is 5.91 Å². The number of hydrogen-bond acceptors (Lipinski definition) is 5. The Morgan fingerprint density at radius 2 is 2.14 bits per heavy atom. The summed E-state index contributed by atoms with van der Waals surface area (Å²) in [5.41, 5.74) is 5.86. The lowest BCUT2D eigenvalue weighted by Gasteiger charge is -2.22. The Bertz CT molecular complexity index is 721. The zero-order valence-corrected chi connectivity index (χ0v) is 15.8. The summed E-state index contributed by atoms with van der Waals surface area (Å²) in [7, 11) is 0. The topological polar surface area (TPSA) is 110 Å². The number of anilines is 1. The van der Waals surface area contributed by atoms with Crippen molar-refractivity contribution in [1.82, 2.24) is 15.2 Å². The van der Waals surface area contributed by atoms with Crippen molar-refractivity contribution >= 4 is 17.8 Å². The maximum absolute atomic E-state index is 12.7. The molecule has 0 bridgehead atoms. The first-order chi connectivity index (χ1) is 12.8. The molecular formula is C17H24F3N5O3. The van der Waals surface area contributed by atoms with Crippen LogP contribution in [-0.2, 0) is 16.1 Å². The van der Waals surface area contributed by atoms with Crippen molar-refractivity contribution in [3.05, 3.63) is 23.9 Å². The number of nitrogens with two attached hydrogens (primary N) is 1. The van der Waals surface area contributed by atoms with Gasteiger partial charge >= 0.3 is 12.2 Å². The Kier molecular flexibility index (Phi) is 6.50. The summed E-state index contributed by atoms with van der Waals surface area (Å²) in [4.78, 5) is 28.9. The van der Waals surface area contributed by atoms with Crippen LogP contribution in [0.3, 0.4) is 0 Å². The maximum Gasteiger partial charge on any atom is 0.410 e. The summed E-state index contributed by atoms with van der Waals surface area (Å²) < 4.78 is 43.7. The van der Waals surface area contributed by atoms with Gasteiger partial charge in [0.05, 0.1) is 18.8 Å². The minimum atomic E-state index is -4.51. The molecule has 8 nitrogen and oxygen atoms in total. The SMILES string of the molecule is CC(C)(C)OCC(N)C(=O)Nc1cc(CN2C[C@@H](C(F)(F)F)NC2=O)ccn1. The molecule has 0 spiro atoms. The number of pyridine rings is 1. The second-order valence-corrected chi connectivity index (χ2v) is 7.49. The summed E-state index contributed by atoms with van der Waals surface area (Å²) >= 11 is 0. The van der Waals surface area contributed by atoms with Crippen molar-refractivity contribution < 1.29 is 27.5 Å². The molecular weight excluding hydrogens is 379 g/mol. The fraction of sp³-hybridized carbons (Fsp3) is 0.588. The monoisotopic (exact) mass is 403 g/mol. The Labute approximate surface area is 160 Å². The van der Waals surface area contributed by atoms with Gasteiger partial charge in [-0.3, -0.25) is 4.79 Å². The number of hydrogen-bond donors (Lipinski definition) is 3. The van der Waals surface area contributed by atoms with E-state index in [2.05, 4.69) is 10.3 Å². The van der Waals surface area contributed by atoms with E-state index >= 15 is 0 Å². The van der Waals surface area contributed by atoms with Crippen molar-refractivity contribution in [2.75, 3.05) is 18.5 Å². The van der Waals surface area contributed by atoms with E-state index in [4.69, 9.17) is 10.5 Å². The molecule has 0 radical (unpaired) electrons. The van der Waals surface area contributed by atoms with Gasteiger partial charge in [0.15, 0.2) is 0 Å². The fourth-order valence-electron chi connectivity index (χ4n) is 2.41. The van der Waals surface area contributed by atoms with E-state index in [1.165, 1.54) is 12.3 Å². The molecule has 3 amide bonds. The number of nitrogens with one attached hydrogen (secondary N) is 2. The molecule has 0 aliphatic carbocycles. The minimum absolute atomic E-state index is 0.0157. The number of amides is 3. The van der Waals surface area contributed by atoms with Gasteiger partial charge in [0.25, 0.3) is 0 Å². The Morgan fingerprint density at radius 3 is 2.71 bits per heavy atom. The number of halogens is 3. The molecule has 1 aromatic heterocycles. The third-order valence-corrected chi connectivity index (χ3v) is 3.86. The lowest BCUT2D eigenvalue weighted by Crippen LogP contribution is -2.41. The maximum atomic E-state index is 12.7. The van der Waals surface area contributed by atoms with Crippen molar-refractivity contribution in [3.63, 3.8) is 0 Å². The zero-order valence-electron chi connectivity index (χ0n) is 15.8. The van der Waals surface area contributed by atoms with Gasteiger partial charge < -0.3 is 26.0 Å². The third-order valence-electron chi connectivity index (χ3n) is 3.86. The molecule has 1 aliphatic heterocycles.